The molecule has 0 fully saturated rings. The molecule has 0 amide bonds. The van der Waals surface area contributed by atoms with Crippen molar-refractivity contribution in [1.82, 2.24) is 24.7 Å². The van der Waals surface area contributed by atoms with Gasteiger partial charge >= 0.3 is 0 Å². The van der Waals surface area contributed by atoms with Gasteiger partial charge in [0.05, 0.1) is 23.3 Å². The van der Waals surface area contributed by atoms with E-state index in [1.165, 1.54) is 3.57 Å². The van der Waals surface area contributed by atoms with Gasteiger partial charge in [-0.15, -0.1) is 0 Å². The number of rotatable bonds is 2. The topological polar surface area (TPSA) is 82.5 Å². The summed E-state index contributed by atoms with van der Waals surface area (Å²) in [6.45, 7) is 6.50. The predicted octanol–water partition coefficient (Wildman–Crippen LogP) is 3.04. The van der Waals surface area contributed by atoms with Crippen LogP contribution >= 0.6 is 34.2 Å². The van der Waals surface area contributed by atoms with Crippen molar-refractivity contribution in [2.75, 3.05) is 5.73 Å². The molecule has 0 aliphatic rings. The van der Waals surface area contributed by atoms with Gasteiger partial charge in [-0.25, -0.2) is 9.67 Å². The molecule has 0 saturated carbocycles. The van der Waals surface area contributed by atoms with Crippen molar-refractivity contribution >= 4 is 51.2 Å². The Morgan fingerprint density at radius 3 is 2.73 bits per heavy atom. The standard InChI is InChI=1S/C14H14ClIN6/c1-6-4-18-9(7(2)11(6)16)5-22-13-10(8(3)21-22)12(15)19-14(17)20-13/h4H,5H2,1-3H3,(H2,17,19,20). The minimum Gasteiger partial charge on any atom is -0.368 e. The van der Waals surface area contributed by atoms with Crippen LogP contribution in [-0.2, 0) is 6.54 Å². The van der Waals surface area contributed by atoms with Crippen molar-refractivity contribution in [3.05, 3.63) is 37.4 Å². The second kappa shape index (κ2) is 5.62. The lowest BCUT2D eigenvalue weighted by Crippen LogP contribution is -2.08. The van der Waals surface area contributed by atoms with Gasteiger partial charge in [0.15, 0.2) is 5.65 Å². The van der Waals surface area contributed by atoms with Crippen LogP contribution in [0.4, 0.5) is 5.95 Å². The van der Waals surface area contributed by atoms with E-state index in [1.54, 1.807) is 4.68 Å². The first-order chi connectivity index (χ1) is 10.4. The van der Waals surface area contributed by atoms with Gasteiger partial charge in [-0.1, -0.05) is 11.6 Å². The lowest BCUT2D eigenvalue weighted by Gasteiger charge is -2.09. The first kappa shape index (κ1) is 15.4. The van der Waals surface area contributed by atoms with Crippen LogP contribution in [-0.4, -0.2) is 24.7 Å². The quantitative estimate of drug-likeness (QED) is 0.501. The first-order valence-corrected chi connectivity index (χ1v) is 8.11. The summed E-state index contributed by atoms with van der Waals surface area (Å²) in [5.74, 6) is 0.141. The van der Waals surface area contributed by atoms with E-state index in [1.807, 2.05) is 20.0 Å². The van der Waals surface area contributed by atoms with E-state index in [-0.39, 0.29) is 5.95 Å². The largest absolute Gasteiger partial charge is 0.368 e. The number of aryl methyl sites for hydroxylation is 2. The summed E-state index contributed by atoms with van der Waals surface area (Å²) in [7, 11) is 0. The van der Waals surface area contributed by atoms with Gasteiger partial charge < -0.3 is 5.73 Å². The van der Waals surface area contributed by atoms with Crippen molar-refractivity contribution in [3.8, 4) is 0 Å². The SMILES string of the molecule is Cc1cnc(Cn2nc(C)c3c(Cl)nc(N)nc32)c(C)c1I. The van der Waals surface area contributed by atoms with Crippen LogP contribution in [0.5, 0.6) is 0 Å². The van der Waals surface area contributed by atoms with E-state index in [4.69, 9.17) is 17.3 Å². The maximum absolute atomic E-state index is 6.16. The van der Waals surface area contributed by atoms with Gasteiger partial charge in [-0.05, 0) is 54.5 Å². The Bertz CT molecular complexity index is 889. The second-order valence-electron chi connectivity index (χ2n) is 5.14. The van der Waals surface area contributed by atoms with E-state index in [0.717, 1.165) is 27.9 Å². The molecule has 0 aromatic carbocycles. The fourth-order valence-electron chi connectivity index (χ4n) is 2.38. The van der Waals surface area contributed by atoms with Crippen molar-refractivity contribution in [3.63, 3.8) is 0 Å². The lowest BCUT2D eigenvalue weighted by atomic mass is 10.1. The van der Waals surface area contributed by atoms with Gasteiger partial charge in [0.25, 0.3) is 0 Å². The van der Waals surface area contributed by atoms with E-state index in [9.17, 15) is 0 Å². The Kier molecular flexibility index (Phi) is 3.94. The minimum absolute atomic E-state index is 0.141. The molecule has 6 nitrogen and oxygen atoms in total. The highest BCUT2D eigenvalue weighted by Crippen LogP contribution is 2.25. The van der Waals surface area contributed by atoms with Crippen molar-refractivity contribution in [2.45, 2.75) is 27.3 Å². The maximum Gasteiger partial charge on any atom is 0.223 e. The molecule has 3 aromatic rings. The molecule has 8 heteroatoms. The molecule has 2 N–H and O–H groups in total. The molecular weight excluding hydrogens is 415 g/mol. The number of aromatic nitrogens is 5. The molecule has 0 aliphatic heterocycles. The molecule has 0 unspecified atom stereocenters. The van der Waals surface area contributed by atoms with Crippen molar-refractivity contribution in [1.29, 1.82) is 0 Å². The van der Waals surface area contributed by atoms with Gasteiger partial charge in [-0.3, -0.25) is 4.98 Å². The van der Waals surface area contributed by atoms with Gasteiger partial charge in [0, 0.05) is 9.77 Å². The molecule has 22 heavy (non-hydrogen) atoms. The van der Waals surface area contributed by atoms with Crippen LogP contribution in [0.15, 0.2) is 6.20 Å². The number of anilines is 1. The Balaban J connectivity index is 2.14. The Morgan fingerprint density at radius 1 is 1.27 bits per heavy atom. The summed E-state index contributed by atoms with van der Waals surface area (Å²) in [5.41, 5.74) is 10.4. The number of nitrogens with zero attached hydrogens (tertiary/aromatic N) is 5. The summed E-state index contributed by atoms with van der Waals surface area (Å²) in [4.78, 5) is 12.8. The monoisotopic (exact) mass is 428 g/mol. The number of hydrogen-bond donors (Lipinski definition) is 1. The van der Waals surface area contributed by atoms with Crippen LogP contribution in [0.25, 0.3) is 11.0 Å². The Morgan fingerprint density at radius 2 is 2.00 bits per heavy atom. The zero-order valence-electron chi connectivity index (χ0n) is 12.4. The average molecular weight is 429 g/mol. The summed E-state index contributed by atoms with van der Waals surface area (Å²) in [5, 5.41) is 5.57. The molecule has 0 atom stereocenters. The van der Waals surface area contributed by atoms with E-state index < -0.39 is 0 Å². The highest BCUT2D eigenvalue weighted by atomic mass is 127. The fraction of sp³-hybridized carbons (Fsp3) is 0.286. The van der Waals surface area contributed by atoms with Crippen molar-refractivity contribution < 1.29 is 0 Å². The molecule has 114 valence electrons. The Labute approximate surface area is 146 Å². The molecular formula is C14H14ClIN6. The third kappa shape index (κ3) is 2.52. The molecule has 0 saturated heterocycles. The maximum atomic E-state index is 6.16. The van der Waals surface area contributed by atoms with Crippen LogP contribution in [0, 0.1) is 24.3 Å². The average Bonchev–Trinajstić information content (AvgIpc) is 2.76. The number of halogens is 2. The number of nitrogens with two attached hydrogens (primary N) is 1. The molecule has 0 bridgehead atoms. The van der Waals surface area contributed by atoms with Gasteiger partial charge in [-0.2, -0.15) is 10.1 Å². The molecule has 0 radical (unpaired) electrons. The van der Waals surface area contributed by atoms with Gasteiger partial charge in [0.2, 0.25) is 5.95 Å². The third-order valence-corrected chi connectivity index (χ3v) is 5.50. The van der Waals surface area contributed by atoms with Crippen LogP contribution in [0.2, 0.25) is 5.15 Å². The molecule has 3 heterocycles. The summed E-state index contributed by atoms with van der Waals surface area (Å²) < 4.78 is 2.98. The molecule has 0 spiro atoms. The van der Waals surface area contributed by atoms with Gasteiger partial charge in [0.1, 0.15) is 5.15 Å². The summed E-state index contributed by atoms with van der Waals surface area (Å²) >= 11 is 8.49. The number of nitrogen functional groups attached to an aromatic ring is 1. The molecule has 0 aliphatic carbocycles. The zero-order valence-corrected chi connectivity index (χ0v) is 15.3. The van der Waals surface area contributed by atoms with Crippen LogP contribution in [0.3, 0.4) is 0 Å². The highest BCUT2D eigenvalue weighted by Gasteiger charge is 2.16. The lowest BCUT2D eigenvalue weighted by molar-refractivity contribution is 0.677. The highest BCUT2D eigenvalue weighted by molar-refractivity contribution is 14.1. The molecule has 3 rings (SSSR count). The number of fused-ring (bicyclic) bond motifs is 1. The molecule has 3 aromatic heterocycles. The predicted molar refractivity (Wildman–Crippen MR) is 95.0 cm³/mol. The minimum atomic E-state index is 0.141. The van der Waals surface area contributed by atoms with Crippen LogP contribution in [0.1, 0.15) is 22.5 Å². The first-order valence-electron chi connectivity index (χ1n) is 6.65. The normalized spacial score (nSPS) is 11.3. The van der Waals surface area contributed by atoms with E-state index >= 15 is 0 Å². The third-order valence-electron chi connectivity index (χ3n) is 3.56. The summed E-state index contributed by atoms with van der Waals surface area (Å²) in [6, 6.07) is 0. The second-order valence-corrected chi connectivity index (χ2v) is 6.58. The van der Waals surface area contributed by atoms with Crippen molar-refractivity contribution in [2.24, 2.45) is 0 Å². The number of pyridine rings is 1. The number of hydrogen-bond acceptors (Lipinski definition) is 5. The van der Waals surface area contributed by atoms with E-state index in [0.29, 0.717) is 17.3 Å². The fourth-order valence-corrected chi connectivity index (χ4v) is 3.14. The summed E-state index contributed by atoms with van der Waals surface area (Å²) in [6.07, 6.45) is 1.87. The Hall–Kier alpha value is -1.48. The van der Waals surface area contributed by atoms with Crippen LogP contribution < -0.4 is 5.73 Å². The van der Waals surface area contributed by atoms with E-state index in [2.05, 4.69) is 49.6 Å². The zero-order chi connectivity index (χ0) is 16.0. The smallest absolute Gasteiger partial charge is 0.223 e.